The van der Waals surface area contributed by atoms with Gasteiger partial charge in [0.25, 0.3) is 0 Å². The van der Waals surface area contributed by atoms with Gasteiger partial charge in [-0.1, -0.05) is 0 Å². The maximum absolute atomic E-state index is 5.05. The Morgan fingerprint density at radius 1 is 1.37 bits per heavy atom. The topological polar surface area (TPSA) is 52.7 Å². The SMILES string of the molecule is CNC(=S)Nc1ccc(SCc2nc[nH]c2C)cc1. The molecular weight excluding hydrogens is 276 g/mol. The maximum Gasteiger partial charge on any atom is 0.170 e. The van der Waals surface area contributed by atoms with E-state index in [1.54, 1.807) is 25.1 Å². The minimum absolute atomic E-state index is 0.618. The number of thioether (sulfide) groups is 1. The van der Waals surface area contributed by atoms with Crippen molar-refractivity contribution in [3.05, 3.63) is 42.0 Å². The highest BCUT2D eigenvalue weighted by molar-refractivity contribution is 7.98. The van der Waals surface area contributed by atoms with Crippen LogP contribution in [0.4, 0.5) is 5.69 Å². The Labute approximate surface area is 122 Å². The Morgan fingerprint density at radius 2 is 2.11 bits per heavy atom. The first-order chi connectivity index (χ1) is 9.19. The molecule has 3 N–H and O–H groups in total. The number of hydrogen-bond donors (Lipinski definition) is 3. The number of aromatic nitrogens is 2. The van der Waals surface area contributed by atoms with Crippen LogP contribution in [0.2, 0.25) is 0 Å². The fourth-order valence-corrected chi connectivity index (χ4v) is 2.55. The van der Waals surface area contributed by atoms with Gasteiger partial charge in [-0.3, -0.25) is 0 Å². The van der Waals surface area contributed by atoms with Gasteiger partial charge in [-0.05, 0) is 43.4 Å². The van der Waals surface area contributed by atoms with Crippen molar-refractivity contribution in [2.24, 2.45) is 0 Å². The number of benzene rings is 1. The summed E-state index contributed by atoms with van der Waals surface area (Å²) < 4.78 is 0. The number of aryl methyl sites for hydroxylation is 1. The molecule has 0 aliphatic carbocycles. The highest BCUT2D eigenvalue weighted by Crippen LogP contribution is 2.24. The van der Waals surface area contributed by atoms with Crippen LogP contribution >= 0.6 is 24.0 Å². The summed E-state index contributed by atoms with van der Waals surface area (Å²) in [6.07, 6.45) is 1.73. The lowest BCUT2D eigenvalue weighted by Crippen LogP contribution is -2.23. The number of imidazole rings is 1. The molecule has 1 aromatic carbocycles. The van der Waals surface area contributed by atoms with Gasteiger partial charge in [0, 0.05) is 29.1 Å². The van der Waals surface area contributed by atoms with Crippen molar-refractivity contribution >= 4 is 34.8 Å². The van der Waals surface area contributed by atoms with Crippen LogP contribution in [0.15, 0.2) is 35.5 Å². The lowest BCUT2D eigenvalue weighted by Gasteiger charge is -2.07. The molecule has 6 heteroatoms. The highest BCUT2D eigenvalue weighted by atomic mass is 32.2. The maximum atomic E-state index is 5.05. The monoisotopic (exact) mass is 292 g/mol. The summed E-state index contributed by atoms with van der Waals surface area (Å²) in [5.41, 5.74) is 3.22. The largest absolute Gasteiger partial charge is 0.366 e. The molecule has 0 fully saturated rings. The molecule has 0 unspecified atom stereocenters. The molecule has 0 aliphatic heterocycles. The van der Waals surface area contributed by atoms with E-state index >= 15 is 0 Å². The molecule has 19 heavy (non-hydrogen) atoms. The van der Waals surface area contributed by atoms with Crippen LogP contribution in [0.5, 0.6) is 0 Å². The first-order valence-corrected chi connectivity index (χ1v) is 7.29. The summed E-state index contributed by atoms with van der Waals surface area (Å²) in [4.78, 5) is 8.58. The zero-order valence-electron chi connectivity index (χ0n) is 10.9. The molecule has 4 nitrogen and oxygen atoms in total. The van der Waals surface area contributed by atoms with Crippen LogP contribution in [0.25, 0.3) is 0 Å². The van der Waals surface area contributed by atoms with Gasteiger partial charge in [-0.2, -0.15) is 0 Å². The molecule has 1 aromatic heterocycles. The average molecular weight is 292 g/mol. The van der Waals surface area contributed by atoms with Crippen molar-refractivity contribution < 1.29 is 0 Å². The average Bonchev–Trinajstić information content (AvgIpc) is 2.83. The predicted molar refractivity (Wildman–Crippen MR) is 84.6 cm³/mol. The Morgan fingerprint density at radius 3 is 2.68 bits per heavy atom. The van der Waals surface area contributed by atoms with Crippen molar-refractivity contribution in [1.82, 2.24) is 15.3 Å². The van der Waals surface area contributed by atoms with Crippen LogP contribution < -0.4 is 10.6 Å². The van der Waals surface area contributed by atoms with E-state index in [1.807, 2.05) is 19.1 Å². The summed E-state index contributed by atoms with van der Waals surface area (Å²) in [6.45, 7) is 2.04. The predicted octanol–water partition coefficient (Wildman–Crippen LogP) is 2.93. The van der Waals surface area contributed by atoms with E-state index in [2.05, 4.69) is 32.7 Å². The Balaban J connectivity index is 1.92. The number of thiocarbonyl (C=S) groups is 1. The van der Waals surface area contributed by atoms with Crippen molar-refractivity contribution in [2.75, 3.05) is 12.4 Å². The third-order valence-corrected chi connectivity index (χ3v) is 3.98. The zero-order valence-corrected chi connectivity index (χ0v) is 12.5. The van der Waals surface area contributed by atoms with Gasteiger partial charge < -0.3 is 15.6 Å². The van der Waals surface area contributed by atoms with E-state index in [-0.39, 0.29) is 0 Å². The fraction of sp³-hybridized carbons (Fsp3) is 0.231. The smallest absolute Gasteiger partial charge is 0.170 e. The minimum atomic E-state index is 0.618. The van der Waals surface area contributed by atoms with Gasteiger partial charge in [0.2, 0.25) is 0 Å². The summed E-state index contributed by atoms with van der Waals surface area (Å²) in [7, 11) is 1.80. The van der Waals surface area contributed by atoms with Crippen LogP contribution in [0, 0.1) is 6.92 Å². The molecule has 0 amide bonds. The number of anilines is 1. The quantitative estimate of drug-likeness (QED) is 0.597. The molecule has 1 heterocycles. The third kappa shape index (κ3) is 3.97. The standard InChI is InChI=1S/C13H16N4S2/c1-9-12(16-8-15-9)7-19-11-5-3-10(4-6-11)17-13(18)14-2/h3-6,8H,7H2,1-2H3,(H,15,16)(H2,14,17,18). The van der Waals surface area contributed by atoms with E-state index in [0.717, 1.165) is 22.8 Å². The molecule has 0 atom stereocenters. The Bertz CT molecular complexity index is 548. The molecule has 0 radical (unpaired) electrons. The lowest BCUT2D eigenvalue weighted by molar-refractivity contribution is 1.19. The van der Waals surface area contributed by atoms with Crippen LogP contribution in [-0.4, -0.2) is 22.1 Å². The van der Waals surface area contributed by atoms with Gasteiger partial charge in [0.05, 0.1) is 12.0 Å². The van der Waals surface area contributed by atoms with Crippen LogP contribution in [0.1, 0.15) is 11.4 Å². The van der Waals surface area contributed by atoms with E-state index in [9.17, 15) is 0 Å². The second-order valence-corrected chi connectivity index (χ2v) is 5.45. The Hall–Kier alpha value is -1.53. The fourth-order valence-electron chi connectivity index (χ4n) is 1.51. The van der Waals surface area contributed by atoms with Gasteiger partial charge >= 0.3 is 0 Å². The Kier molecular flexibility index (Phi) is 4.81. The number of hydrogen-bond acceptors (Lipinski definition) is 3. The van der Waals surface area contributed by atoms with E-state index < -0.39 is 0 Å². The summed E-state index contributed by atoms with van der Waals surface area (Å²) in [5, 5.41) is 6.59. The summed E-state index contributed by atoms with van der Waals surface area (Å²) >= 11 is 6.82. The molecule has 2 aromatic rings. The van der Waals surface area contributed by atoms with E-state index in [1.165, 1.54) is 4.90 Å². The second kappa shape index (κ2) is 6.58. The van der Waals surface area contributed by atoms with Crippen molar-refractivity contribution in [1.29, 1.82) is 0 Å². The van der Waals surface area contributed by atoms with Crippen molar-refractivity contribution in [3.63, 3.8) is 0 Å². The normalized spacial score (nSPS) is 10.2. The molecule has 0 aliphatic rings. The first-order valence-electron chi connectivity index (χ1n) is 5.89. The minimum Gasteiger partial charge on any atom is -0.366 e. The first kappa shape index (κ1) is 13.9. The number of H-pyrrole nitrogens is 1. The van der Waals surface area contributed by atoms with Gasteiger partial charge in [0.1, 0.15) is 0 Å². The molecule has 0 saturated carbocycles. The molecule has 2 rings (SSSR count). The van der Waals surface area contributed by atoms with Gasteiger partial charge in [0.15, 0.2) is 5.11 Å². The molecular formula is C13H16N4S2. The molecule has 100 valence electrons. The van der Waals surface area contributed by atoms with Crippen molar-refractivity contribution in [3.8, 4) is 0 Å². The number of aromatic amines is 1. The van der Waals surface area contributed by atoms with Crippen LogP contribution in [-0.2, 0) is 5.75 Å². The summed E-state index contributed by atoms with van der Waals surface area (Å²) in [6, 6.07) is 8.19. The molecule has 0 bridgehead atoms. The molecule has 0 spiro atoms. The van der Waals surface area contributed by atoms with Crippen LogP contribution in [0.3, 0.4) is 0 Å². The second-order valence-electron chi connectivity index (χ2n) is 3.99. The summed E-state index contributed by atoms with van der Waals surface area (Å²) in [5.74, 6) is 0.872. The lowest BCUT2D eigenvalue weighted by atomic mass is 10.3. The van der Waals surface area contributed by atoms with E-state index in [4.69, 9.17) is 12.2 Å². The van der Waals surface area contributed by atoms with Crippen molar-refractivity contribution in [2.45, 2.75) is 17.6 Å². The highest BCUT2D eigenvalue weighted by Gasteiger charge is 2.02. The van der Waals surface area contributed by atoms with Gasteiger partial charge in [-0.15, -0.1) is 11.8 Å². The number of nitrogens with one attached hydrogen (secondary N) is 3. The van der Waals surface area contributed by atoms with Gasteiger partial charge in [-0.25, -0.2) is 4.98 Å². The third-order valence-electron chi connectivity index (χ3n) is 2.65. The number of rotatable bonds is 4. The zero-order chi connectivity index (χ0) is 13.7. The van der Waals surface area contributed by atoms with E-state index in [0.29, 0.717) is 5.11 Å². The molecule has 0 saturated heterocycles. The number of nitrogens with zero attached hydrogens (tertiary/aromatic N) is 1.